The molecule has 2 rings (SSSR count). The SMILES string of the molecule is Cc1cnoc1C(=O)NCC1(O)CCC(C)CC1. The normalized spacial score (nSPS) is 28.1. The second-order valence-electron chi connectivity index (χ2n) is 5.43. The summed E-state index contributed by atoms with van der Waals surface area (Å²) >= 11 is 0. The van der Waals surface area contributed by atoms with Crippen LogP contribution in [-0.2, 0) is 0 Å². The molecule has 0 radical (unpaired) electrons. The minimum atomic E-state index is -0.768. The summed E-state index contributed by atoms with van der Waals surface area (Å²) in [6.07, 6.45) is 5.00. The molecule has 0 unspecified atom stereocenters. The molecule has 5 nitrogen and oxygen atoms in total. The molecular formula is C13H20N2O3. The van der Waals surface area contributed by atoms with Crippen LogP contribution < -0.4 is 5.32 Å². The Morgan fingerprint density at radius 3 is 2.83 bits per heavy atom. The molecule has 5 heteroatoms. The minimum Gasteiger partial charge on any atom is -0.388 e. The van der Waals surface area contributed by atoms with E-state index in [-0.39, 0.29) is 18.2 Å². The van der Waals surface area contributed by atoms with E-state index >= 15 is 0 Å². The molecule has 0 spiro atoms. The smallest absolute Gasteiger partial charge is 0.290 e. The van der Waals surface area contributed by atoms with Crippen molar-refractivity contribution < 1.29 is 14.4 Å². The fourth-order valence-electron chi connectivity index (χ4n) is 2.31. The number of aliphatic hydroxyl groups is 1. The summed E-state index contributed by atoms with van der Waals surface area (Å²) in [7, 11) is 0. The number of hydrogen-bond acceptors (Lipinski definition) is 4. The third-order valence-corrected chi connectivity index (χ3v) is 3.74. The van der Waals surface area contributed by atoms with Gasteiger partial charge in [0.25, 0.3) is 5.91 Å². The Morgan fingerprint density at radius 2 is 2.28 bits per heavy atom. The van der Waals surface area contributed by atoms with Crippen molar-refractivity contribution in [1.82, 2.24) is 10.5 Å². The van der Waals surface area contributed by atoms with Crippen LogP contribution in [0.3, 0.4) is 0 Å². The van der Waals surface area contributed by atoms with Crippen LogP contribution in [0.4, 0.5) is 0 Å². The second-order valence-corrected chi connectivity index (χ2v) is 5.43. The van der Waals surface area contributed by atoms with Gasteiger partial charge in [-0.2, -0.15) is 0 Å². The maximum absolute atomic E-state index is 11.8. The van der Waals surface area contributed by atoms with Gasteiger partial charge in [-0.1, -0.05) is 12.1 Å². The number of hydrogen-bond donors (Lipinski definition) is 2. The first kappa shape index (κ1) is 13.1. The van der Waals surface area contributed by atoms with Crippen molar-refractivity contribution in [1.29, 1.82) is 0 Å². The Hall–Kier alpha value is -1.36. The molecule has 1 aliphatic carbocycles. The number of nitrogens with one attached hydrogen (secondary N) is 1. The highest BCUT2D eigenvalue weighted by Crippen LogP contribution is 2.31. The summed E-state index contributed by atoms with van der Waals surface area (Å²) < 4.78 is 4.87. The molecule has 1 fully saturated rings. The summed E-state index contributed by atoms with van der Waals surface area (Å²) in [5, 5.41) is 16.6. The van der Waals surface area contributed by atoms with Gasteiger partial charge in [-0.25, -0.2) is 0 Å². The van der Waals surface area contributed by atoms with Crippen molar-refractivity contribution in [2.24, 2.45) is 5.92 Å². The van der Waals surface area contributed by atoms with Gasteiger partial charge in [-0.3, -0.25) is 4.79 Å². The number of nitrogens with zero attached hydrogens (tertiary/aromatic N) is 1. The zero-order chi connectivity index (χ0) is 13.2. The summed E-state index contributed by atoms with van der Waals surface area (Å²) in [4.78, 5) is 11.8. The average Bonchev–Trinajstić information content (AvgIpc) is 2.77. The van der Waals surface area contributed by atoms with E-state index < -0.39 is 5.60 Å². The van der Waals surface area contributed by atoms with Crippen LogP contribution in [0.1, 0.15) is 48.7 Å². The van der Waals surface area contributed by atoms with E-state index in [0.717, 1.165) is 25.7 Å². The van der Waals surface area contributed by atoms with Crippen LogP contribution in [0, 0.1) is 12.8 Å². The van der Waals surface area contributed by atoms with E-state index in [9.17, 15) is 9.90 Å². The molecule has 1 saturated carbocycles. The number of rotatable bonds is 3. The molecular weight excluding hydrogens is 232 g/mol. The van der Waals surface area contributed by atoms with Crippen molar-refractivity contribution in [3.8, 4) is 0 Å². The van der Waals surface area contributed by atoms with Crippen molar-refractivity contribution in [2.75, 3.05) is 6.54 Å². The quantitative estimate of drug-likeness (QED) is 0.857. The lowest BCUT2D eigenvalue weighted by atomic mass is 9.79. The van der Waals surface area contributed by atoms with Crippen LogP contribution in [0.5, 0.6) is 0 Å². The number of amides is 1. The van der Waals surface area contributed by atoms with E-state index in [1.807, 2.05) is 0 Å². The molecule has 1 aliphatic rings. The Labute approximate surface area is 107 Å². The fraction of sp³-hybridized carbons (Fsp3) is 0.692. The third-order valence-electron chi connectivity index (χ3n) is 3.74. The summed E-state index contributed by atoms with van der Waals surface area (Å²) in [5.74, 6) is 0.581. The Kier molecular flexibility index (Phi) is 3.71. The van der Waals surface area contributed by atoms with E-state index in [1.165, 1.54) is 6.20 Å². The highest BCUT2D eigenvalue weighted by atomic mass is 16.5. The third kappa shape index (κ3) is 2.90. The molecule has 0 atom stereocenters. The molecule has 1 aromatic rings. The van der Waals surface area contributed by atoms with Gasteiger partial charge in [0, 0.05) is 12.1 Å². The van der Waals surface area contributed by atoms with Crippen LogP contribution >= 0.6 is 0 Å². The Balaban J connectivity index is 1.88. The number of carbonyl (C=O) groups is 1. The zero-order valence-electron chi connectivity index (χ0n) is 10.9. The molecule has 1 aromatic heterocycles. The van der Waals surface area contributed by atoms with E-state index in [4.69, 9.17) is 4.52 Å². The van der Waals surface area contributed by atoms with Gasteiger partial charge in [0.2, 0.25) is 5.76 Å². The highest BCUT2D eigenvalue weighted by molar-refractivity contribution is 5.92. The molecule has 0 aliphatic heterocycles. The molecule has 1 heterocycles. The summed E-state index contributed by atoms with van der Waals surface area (Å²) in [6.45, 7) is 4.23. The zero-order valence-corrected chi connectivity index (χ0v) is 10.9. The summed E-state index contributed by atoms with van der Waals surface area (Å²) in [6, 6.07) is 0. The van der Waals surface area contributed by atoms with Crippen LogP contribution in [0.15, 0.2) is 10.7 Å². The Morgan fingerprint density at radius 1 is 1.61 bits per heavy atom. The lowest BCUT2D eigenvalue weighted by Crippen LogP contribution is -2.45. The topological polar surface area (TPSA) is 75.4 Å². The lowest BCUT2D eigenvalue weighted by molar-refractivity contribution is -0.00564. The first-order chi connectivity index (χ1) is 8.50. The van der Waals surface area contributed by atoms with Crippen molar-refractivity contribution in [2.45, 2.75) is 45.1 Å². The largest absolute Gasteiger partial charge is 0.388 e. The number of carbonyl (C=O) groups excluding carboxylic acids is 1. The predicted molar refractivity (Wildman–Crippen MR) is 66.2 cm³/mol. The molecule has 100 valence electrons. The average molecular weight is 252 g/mol. The van der Waals surface area contributed by atoms with Crippen molar-refractivity contribution >= 4 is 5.91 Å². The lowest BCUT2D eigenvalue weighted by Gasteiger charge is -2.34. The predicted octanol–water partition coefficient (Wildman–Crippen LogP) is 1.65. The maximum atomic E-state index is 11.8. The van der Waals surface area contributed by atoms with Crippen LogP contribution in [-0.4, -0.2) is 28.3 Å². The van der Waals surface area contributed by atoms with Gasteiger partial charge in [-0.05, 0) is 38.5 Å². The molecule has 0 bridgehead atoms. The van der Waals surface area contributed by atoms with Crippen molar-refractivity contribution in [3.05, 3.63) is 17.5 Å². The number of aryl methyl sites for hydroxylation is 1. The summed E-state index contributed by atoms with van der Waals surface area (Å²) in [5.41, 5.74) is -0.0624. The van der Waals surface area contributed by atoms with E-state index in [1.54, 1.807) is 6.92 Å². The first-order valence-corrected chi connectivity index (χ1v) is 6.42. The molecule has 18 heavy (non-hydrogen) atoms. The first-order valence-electron chi connectivity index (χ1n) is 6.42. The van der Waals surface area contributed by atoms with Gasteiger partial charge < -0.3 is 14.9 Å². The van der Waals surface area contributed by atoms with E-state index in [0.29, 0.717) is 11.5 Å². The molecule has 1 amide bonds. The van der Waals surface area contributed by atoms with Gasteiger partial charge in [0.15, 0.2) is 0 Å². The maximum Gasteiger partial charge on any atom is 0.290 e. The van der Waals surface area contributed by atoms with Crippen molar-refractivity contribution in [3.63, 3.8) is 0 Å². The van der Waals surface area contributed by atoms with Gasteiger partial charge in [0.1, 0.15) is 0 Å². The Bertz CT molecular complexity index is 420. The fourth-order valence-corrected chi connectivity index (χ4v) is 2.31. The van der Waals surface area contributed by atoms with Gasteiger partial charge in [0.05, 0.1) is 11.8 Å². The van der Waals surface area contributed by atoms with Crippen LogP contribution in [0.2, 0.25) is 0 Å². The number of aromatic nitrogens is 1. The molecule has 0 saturated heterocycles. The highest BCUT2D eigenvalue weighted by Gasteiger charge is 2.32. The van der Waals surface area contributed by atoms with Gasteiger partial charge >= 0.3 is 0 Å². The standard InChI is InChI=1S/C13H20N2O3/c1-9-3-5-13(17,6-4-9)8-14-12(16)11-10(2)7-15-18-11/h7,9,17H,3-6,8H2,1-2H3,(H,14,16). The second kappa shape index (κ2) is 5.10. The molecule has 0 aromatic carbocycles. The van der Waals surface area contributed by atoms with Crippen LogP contribution in [0.25, 0.3) is 0 Å². The molecule has 2 N–H and O–H groups in total. The minimum absolute atomic E-state index is 0.225. The van der Waals surface area contributed by atoms with E-state index in [2.05, 4.69) is 17.4 Å². The van der Waals surface area contributed by atoms with Gasteiger partial charge in [-0.15, -0.1) is 0 Å². The monoisotopic (exact) mass is 252 g/mol.